The van der Waals surface area contributed by atoms with Crippen molar-refractivity contribution in [1.82, 2.24) is 9.97 Å². The molecule has 33 heavy (non-hydrogen) atoms. The van der Waals surface area contributed by atoms with Crippen LogP contribution in [-0.4, -0.2) is 34.4 Å². The van der Waals surface area contributed by atoms with Gasteiger partial charge in [0.2, 0.25) is 17.8 Å². The molecule has 0 saturated carbocycles. The number of amides is 2. The molecule has 4 rings (SSSR count). The van der Waals surface area contributed by atoms with Gasteiger partial charge in [-0.15, -0.1) is 0 Å². The van der Waals surface area contributed by atoms with E-state index in [0.717, 1.165) is 25.3 Å². The first-order valence-electron chi connectivity index (χ1n) is 10.4. The maximum Gasteiger partial charge on any atom is 0.417 e. The Morgan fingerprint density at radius 1 is 1.27 bits per heavy atom. The Kier molecular flexibility index (Phi) is 6.08. The fourth-order valence-electron chi connectivity index (χ4n) is 4.18. The minimum absolute atomic E-state index is 0.0185. The molecule has 176 valence electrons. The van der Waals surface area contributed by atoms with Gasteiger partial charge in [-0.05, 0) is 44.4 Å². The number of carbonyl (C=O) groups is 2. The monoisotopic (exact) mass is 483 g/mol. The van der Waals surface area contributed by atoms with E-state index in [1.54, 1.807) is 0 Å². The molecular formula is C21H21ClF3N5O3. The number of hydrogen-bond donors (Lipinski definition) is 3. The van der Waals surface area contributed by atoms with Crippen molar-refractivity contribution in [2.24, 2.45) is 0 Å². The van der Waals surface area contributed by atoms with Crippen LogP contribution in [0.2, 0.25) is 5.02 Å². The van der Waals surface area contributed by atoms with E-state index in [-0.39, 0.29) is 29.5 Å². The van der Waals surface area contributed by atoms with Crippen LogP contribution in [-0.2, 0) is 15.8 Å². The largest absolute Gasteiger partial charge is 0.417 e. The SMILES string of the molecule is CC1CCCCN1c1nc2c(c(=O)[nH]1)C(C(=O)Nc1ccc(Cl)c(C(F)(F)F)c1)CC(=O)N2. The van der Waals surface area contributed by atoms with Crippen LogP contribution in [0.5, 0.6) is 0 Å². The number of aromatic amines is 1. The third kappa shape index (κ3) is 4.68. The molecule has 1 aromatic carbocycles. The molecule has 1 aromatic heterocycles. The molecule has 3 heterocycles. The predicted octanol–water partition coefficient (Wildman–Crippen LogP) is 3.89. The number of piperidine rings is 1. The van der Waals surface area contributed by atoms with E-state index >= 15 is 0 Å². The molecule has 1 fully saturated rings. The highest BCUT2D eigenvalue weighted by atomic mass is 35.5. The van der Waals surface area contributed by atoms with Crippen LogP contribution < -0.4 is 21.1 Å². The lowest BCUT2D eigenvalue weighted by molar-refractivity contribution is -0.137. The molecule has 2 atom stereocenters. The zero-order valence-corrected chi connectivity index (χ0v) is 18.3. The van der Waals surface area contributed by atoms with Crippen molar-refractivity contribution in [2.45, 2.75) is 50.7 Å². The number of rotatable bonds is 3. The van der Waals surface area contributed by atoms with E-state index < -0.39 is 40.1 Å². The minimum atomic E-state index is -4.71. The van der Waals surface area contributed by atoms with Gasteiger partial charge < -0.3 is 15.5 Å². The number of fused-ring (bicyclic) bond motifs is 1. The summed E-state index contributed by atoms with van der Waals surface area (Å²) in [5.74, 6) is -2.25. The summed E-state index contributed by atoms with van der Waals surface area (Å²) in [5.41, 5.74) is -1.89. The Hall–Kier alpha value is -3.08. The number of alkyl halides is 3. The van der Waals surface area contributed by atoms with E-state index in [9.17, 15) is 27.6 Å². The Morgan fingerprint density at radius 3 is 2.73 bits per heavy atom. The molecule has 12 heteroatoms. The summed E-state index contributed by atoms with van der Waals surface area (Å²) in [4.78, 5) is 47.1. The summed E-state index contributed by atoms with van der Waals surface area (Å²) in [6.45, 7) is 2.70. The standard InChI is InChI=1S/C21H21ClF3N5O3/c1-10-4-2-3-7-30(10)20-28-17-16(19(33)29-20)12(9-15(31)27-17)18(32)26-11-5-6-14(22)13(8-11)21(23,24)25/h5-6,8,10,12H,2-4,7,9H2,1H3,(H,26,32)(H2,27,28,29,31,33). The summed E-state index contributed by atoms with van der Waals surface area (Å²) < 4.78 is 39.4. The second kappa shape index (κ2) is 8.69. The van der Waals surface area contributed by atoms with Crippen molar-refractivity contribution in [3.8, 4) is 0 Å². The van der Waals surface area contributed by atoms with E-state index in [2.05, 4.69) is 20.6 Å². The lowest BCUT2D eigenvalue weighted by Gasteiger charge is -2.34. The number of benzene rings is 1. The number of halogens is 4. The maximum atomic E-state index is 13.1. The van der Waals surface area contributed by atoms with Gasteiger partial charge in [0.25, 0.3) is 5.56 Å². The van der Waals surface area contributed by atoms with Gasteiger partial charge in [0.1, 0.15) is 5.82 Å². The molecule has 2 amide bonds. The van der Waals surface area contributed by atoms with Crippen molar-refractivity contribution >= 4 is 40.9 Å². The topological polar surface area (TPSA) is 107 Å². The van der Waals surface area contributed by atoms with Crippen LogP contribution >= 0.6 is 11.6 Å². The smallest absolute Gasteiger partial charge is 0.340 e. The number of carbonyl (C=O) groups excluding carboxylic acids is 2. The highest BCUT2D eigenvalue weighted by Gasteiger charge is 2.37. The lowest BCUT2D eigenvalue weighted by Crippen LogP contribution is -2.42. The minimum Gasteiger partial charge on any atom is -0.340 e. The molecule has 0 spiro atoms. The molecule has 0 radical (unpaired) electrons. The van der Waals surface area contributed by atoms with Crippen LogP contribution in [0, 0.1) is 0 Å². The fraction of sp³-hybridized carbons (Fsp3) is 0.429. The first-order chi connectivity index (χ1) is 15.5. The zero-order valence-electron chi connectivity index (χ0n) is 17.6. The molecule has 2 aliphatic rings. The predicted molar refractivity (Wildman–Crippen MR) is 117 cm³/mol. The Morgan fingerprint density at radius 2 is 2.03 bits per heavy atom. The highest BCUT2D eigenvalue weighted by molar-refractivity contribution is 6.31. The van der Waals surface area contributed by atoms with Gasteiger partial charge in [-0.3, -0.25) is 19.4 Å². The molecule has 2 aromatic rings. The number of H-pyrrole nitrogens is 1. The number of nitrogens with zero attached hydrogens (tertiary/aromatic N) is 2. The summed E-state index contributed by atoms with van der Waals surface area (Å²) in [6, 6.07) is 3.07. The lowest BCUT2D eigenvalue weighted by atomic mass is 9.92. The van der Waals surface area contributed by atoms with Gasteiger partial charge in [-0.25, -0.2) is 0 Å². The van der Waals surface area contributed by atoms with Gasteiger partial charge in [0.05, 0.1) is 22.1 Å². The van der Waals surface area contributed by atoms with Crippen molar-refractivity contribution < 1.29 is 22.8 Å². The van der Waals surface area contributed by atoms with E-state index in [1.165, 1.54) is 6.07 Å². The van der Waals surface area contributed by atoms with Crippen molar-refractivity contribution in [2.75, 3.05) is 22.1 Å². The molecule has 1 saturated heterocycles. The number of nitrogens with one attached hydrogen (secondary N) is 3. The molecule has 2 aliphatic heterocycles. The van der Waals surface area contributed by atoms with Crippen LogP contribution in [0.3, 0.4) is 0 Å². The Bertz CT molecular complexity index is 1170. The second-order valence-corrected chi connectivity index (χ2v) is 8.58. The van der Waals surface area contributed by atoms with Gasteiger partial charge in [0, 0.05) is 24.7 Å². The van der Waals surface area contributed by atoms with Crippen molar-refractivity contribution in [1.29, 1.82) is 0 Å². The Balaban J connectivity index is 1.65. The van der Waals surface area contributed by atoms with Crippen molar-refractivity contribution in [3.05, 3.63) is 44.7 Å². The van der Waals surface area contributed by atoms with E-state index in [1.807, 2.05) is 11.8 Å². The first-order valence-corrected chi connectivity index (χ1v) is 10.8. The molecule has 0 aliphatic carbocycles. The zero-order chi connectivity index (χ0) is 23.9. The van der Waals surface area contributed by atoms with Gasteiger partial charge in [0.15, 0.2) is 0 Å². The van der Waals surface area contributed by atoms with Crippen LogP contribution in [0.4, 0.5) is 30.6 Å². The maximum absolute atomic E-state index is 13.1. The number of hydrogen-bond acceptors (Lipinski definition) is 5. The van der Waals surface area contributed by atoms with Gasteiger partial charge >= 0.3 is 6.18 Å². The Labute approximate surface area is 191 Å². The third-order valence-corrected chi connectivity index (χ3v) is 6.20. The number of aromatic nitrogens is 2. The van der Waals surface area contributed by atoms with E-state index in [4.69, 9.17) is 11.6 Å². The third-order valence-electron chi connectivity index (χ3n) is 5.87. The summed E-state index contributed by atoms with van der Waals surface area (Å²) in [5, 5.41) is 4.38. The molecule has 3 N–H and O–H groups in total. The average molecular weight is 484 g/mol. The molecule has 2 unspecified atom stereocenters. The molecular weight excluding hydrogens is 463 g/mol. The highest BCUT2D eigenvalue weighted by Crippen LogP contribution is 2.37. The van der Waals surface area contributed by atoms with Crippen LogP contribution in [0.15, 0.2) is 23.0 Å². The first kappa shape index (κ1) is 23.1. The van der Waals surface area contributed by atoms with Crippen molar-refractivity contribution in [3.63, 3.8) is 0 Å². The van der Waals surface area contributed by atoms with Gasteiger partial charge in [-0.1, -0.05) is 11.6 Å². The summed E-state index contributed by atoms with van der Waals surface area (Å²) in [6.07, 6.45) is -2.13. The molecule has 8 nitrogen and oxygen atoms in total. The average Bonchev–Trinajstić information content (AvgIpc) is 2.73. The molecule has 0 bridgehead atoms. The number of anilines is 3. The summed E-state index contributed by atoms with van der Waals surface area (Å²) in [7, 11) is 0. The quantitative estimate of drug-likeness (QED) is 0.614. The van der Waals surface area contributed by atoms with Crippen LogP contribution in [0.25, 0.3) is 0 Å². The van der Waals surface area contributed by atoms with Crippen LogP contribution in [0.1, 0.15) is 49.7 Å². The van der Waals surface area contributed by atoms with E-state index in [0.29, 0.717) is 18.6 Å². The normalized spacial score (nSPS) is 20.8. The summed E-state index contributed by atoms with van der Waals surface area (Å²) >= 11 is 5.62. The van der Waals surface area contributed by atoms with Gasteiger partial charge in [-0.2, -0.15) is 18.2 Å². The second-order valence-electron chi connectivity index (χ2n) is 8.18. The fourth-order valence-corrected chi connectivity index (χ4v) is 4.41.